The van der Waals surface area contributed by atoms with Crippen LogP contribution in [0.2, 0.25) is 0 Å². The number of ketones is 1. The molecule has 0 radical (unpaired) electrons. The maximum atomic E-state index is 11.4. The second-order valence-electron chi connectivity index (χ2n) is 5.38. The minimum absolute atomic E-state index is 0.00291. The first-order valence-electron chi connectivity index (χ1n) is 6.95. The molecule has 20 heavy (non-hydrogen) atoms. The molecule has 3 nitrogen and oxygen atoms in total. The number of hydrogen-bond acceptors (Lipinski definition) is 3. The van der Waals surface area contributed by atoms with Gasteiger partial charge in [-0.15, -0.1) is 0 Å². The quantitative estimate of drug-likeness (QED) is 0.840. The van der Waals surface area contributed by atoms with Crippen molar-refractivity contribution < 1.29 is 15.0 Å². The molecule has 3 heteroatoms. The zero-order chi connectivity index (χ0) is 15.3. The number of hydrogen-bond donors (Lipinski definition) is 2. The molecule has 0 aliphatic rings. The number of aryl methyl sites for hydroxylation is 1. The Kier molecular flexibility index (Phi) is 6.11. The lowest BCUT2D eigenvalue weighted by Crippen LogP contribution is -2.28. The topological polar surface area (TPSA) is 57.5 Å². The predicted octanol–water partition coefficient (Wildman–Crippen LogP) is 2.69. The van der Waals surface area contributed by atoms with E-state index >= 15 is 0 Å². The maximum Gasteiger partial charge on any atom is 0.135 e. The normalized spacial score (nSPS) is 16.1. The average molecular weight is 276 g/mol. The second kappa shape index (κ2) is 7.36. The van der Waals surface area contributed by atoms with Gasteiger partial charge in [-0.3, -0.25) is 4.79 Å². The van der Waals surface area contributed by atoms with E-state index < -0.39 is 6.10 Å². The minimum Gasteiger partial charge on any atom is -0.392 e. The van der Waals surface area contributed by atoms with E-state index in [2.05, 4.69) is 0 Å². The molecule has 3 unspecified atom stereocenters. The highest BCUT2D eigenvalue weighted by atomic mass is 16.3. The van der Waals surface area contributed by atoms with Gasteiger partial charge in [-0.25, -0.2) is 0 Å². The average Bonchev–Trinajstić information content (AvgIpc) is 2.43. The van der Waals surface area contributed by atoms with Crippen molar-refractivity contribution in [2.24, 2.45) is 5.92 Å². The molecule has 3 atom stereocenters. The van der Waals surface area contributed by atoms with E-state index in [-0.39, 0.29) is 24.2 Å². The van der Waals surface area contributed by atoms with Crippen LogP contribution in [0.15, 0.2) is 24.3 Å². The summed E-state index contributed by atoms with van der Waals surface area (Å²) in [5, 5.41) is 19.1. The van der Waals surface area contributed by atoms with Crippen LogP contribution in [0.1, 0.15) is 43.4 Å². The first-order valence-corrected chi connectivity index (χ1v) is 6.95. The zero-order valence-corrected chi connectivity index (χ0v) is 12.6. The molecular formula is C17H24O3. The highest BCUT2D eigenvalue weighted by Gasteiger charge is 2.25. The molecule has 0 aliphatic heterocycles. The zero-order valence-electron chi connectivity index (χ0n) is 12.6. The summed E-state index contributed by atoms with van der Waals surface area (Å²) in [5.74, 6) is -0.490. The SMILES string of the molecule is CC(=O)C(C)C(O)C(C)c1ccc(C)c(C=CCO)c1. The van der Waals surface area contributed by atoms with Gasteiger partial charge in [0.25, 0.3) is 0 Å². The van der Waals surface area contributed by atoms with Crippen molar-refractivity contribution >= 4 is 11.9 Å². The third-order valence-corrected chi connectivity index (χ3v) is 3.90. The molecule has 1 aromatic rings. The highest BCUT2D eigenvalue weighted by Crippen LogP contribution is 2.26. The molecule has 0 aliphatic carbocycles. The molecule has 2 N–H and O–H groups in total. The van der Waals surface area contributed by atoms with Crippen molar-refractivity contribution in [3.8, 4) is 0 Å². The van der Waals surface area contributed by atoms with Crippen molar-refractivity contribution in [3.63, 3.8) is 0 Å². The van der Waals surface area contributed by atoms with E-state index in [1.807, 2.05) is 38.1 Å². The van der Waals surface area contributed by atoms with Gasteiger partial charge in [0.1, 0.15) is 5.78 Å². The molecule has 0 saturated carbocycles. The van der Waals surface area contributed by atoms with Crippen LogP contribution < -0.4 is 0 Å². The number of Topliss-reactive ketones (excluding diaryl/α,β-unsaturated/α-hetero) is 1. The number of carbonyl (C=O) groups is 1. The summed E-state index contributed by atoms with van der Waals surface area (Å²) in [5.41, 5.74) is 3.12. The van der Waals surface area contributed by atoms with Gasteiger partial charge in [-0.1, -0.05) is 44.2 Å². The monoisotopic (exact) mass is 276 g/mol. The summed E-state index contributed by atoms with van der Waals surface area (Å²) >= 11 is 0. The molecule has 0 spiro atoms. The van der Waals surface area contributed by atoms with Crippen LogP contribution in [0.5, 0.6) is 0 Å². The van der Waals surface area contributed by atoms with Crippen LogP contribution in [0, 0.1) is 12.8 Å². The van der Waals surface area contributed by atoms with E-state index in [9.17, 15) is 9.90 Å². The fourth-order valence-corrected chi connectivity index (χ4v) is 2.17. The Labute approximate surface area is 121 Å². The third kappa shape index (κ3) is 4.02. The lowest BCUT2D eigenvalue weighted by molar-refractivity contribution is -0.123. The van der Waals surface area contributed by atoms with Crippen molar-refractivity contribution in [1.82, 2.24) is 0 Å². The van der Waals surface area contributed by atoms with Gasteiger partial charge in [-0.05, 0) is 30.5 Å². The minimum atomic E-state index is -0.690. The van der Waals surface area contributed by atoms with Gasteiger partial charge in [0.15, 0.2) is 0 Å². The second-order valence-corrected chi connectivity index (χ2v) is 5.38. The van der Waals surface area contributed by atoms with Crippen LogP contribution in [-0.4, -0.2) is 28.7 Å². The summed E-state index contributed by atoms with van der Waals surface area (Å²) in [6.45, 7) is 7.19. The number of rotatable bonds is 6. The van der Waals surface area contributed by atoms with Crippen molar-refractivity contribution in [2.45, 2.75) is 39.7 Å². The van der Waals surface area contributed by atoms with Crippen LogP contribution in [-0.2, 0) is 4.79 Å². The van der Waals surface area contributed by atoms with Gasteiger partial charge in [-0.2, -0.15) is 0 Å². The standard InChI is InChI=1S/C17H24O3/c1-11-7-8-16(10-15(11)6-5-9-18)13(3)17(20)12(2)14(4)19/h5-8,10,12-13,17-18,20H,9H2,1-4H3. The van der Waals surface area contributed by atoms with Crippen molar-refractivity contribution in [3.05, 3.63) is 41.0 Å². The Morgan fingerprint density at radius 3 is 2.55 bits per heavy atom. The summed E-state index contributed by atoms with van der Waals surface area (Å²) < 4.78 is 0. The van der Waals surface area contributed by atoms with Crippen molar-refractivity contribution in [1.29, 1.82) is 0 Å². The lowest BCUT2D eigenvalue weighted by atomic mass is 9.85. The molecule has 0 amide bonds. The Morgan fingerprint density at radius 2 is 2.00 bits per heavy atom. The van der Waals surface area contributed by atoms with Crippen LogP contribution >= 0.6 is 0 Å². The third-order valence-electron chi connectivity index (χ3n) is 3.90. The molecule has 0 aromatic heterocycles. The first-order chi connectivity index (χ1) is 9.38. The van der Waals surface area contributed by atoms with Crippen LogP contribution in [0.25, 0.3) is 6.08 Å². The summed E-state index contributed by atoms with van der Waals surface area (Å²) in [7, 11) is 0. The molecule has 0 bridgehead atoms. The predicted molar refractivity (Wildman–Crippen MR) is 81.6 cm³/mol. The fourth-order valence-electron chi connectivity index (χ4n) is 2.17. The van der Waals surface area contributed by atoms with Gasteiger partial charge in [0, 0.05) is 11.8 Å². The Morgan fingerprint density at radius 1 is 1.35 bits per heavy atom. The van der Waals surface area contributed by atoms with Crippen LogP contribution in [0.3, 0.4) is 0 Å². The molecule has 1 aromatic carbocycles. The smallest absolute Gasteiger partial charge is 0.135 e. The van der Waals surface area contributed by atoms with E-state index in [1.165, 1.54) is 6.92 Å². The Bertz CT molecular complexity index is 491. The van der Waals surface area contributed by atoms with E-state index in [4.69, 9.17) is 5.11 Å². The number of aliphatic hydroxyl groups is 2. The van der Waals surface area contributed by atoms with E-state index in [0.717, 1.165) is 16.7 Å². The summed E-state index contributed by atoms with van der Waals surface area (Å²) in [6.07, 6.45) is 2.86. The van der Waals surface area contributed by atoms with Crippen molar-refractivity contribution in [2.75, 3.05) is 6.61 Å². The molecule has 0 saturated heterocycles. The van der Waals surface area contributed by atoms with Gasteiger partial charge in [0.2, 0.25) is 0 Å². The largest absolute Gasteiger partial charge is 0.392 e. The number of carbonyl (C=O) groups excluding carboxylic acids is 1. The van der Waals surface area contributed by atoms with Gasteiger partial charge >= 0.3 is 0 Å². The van der Waals surface area contributed by atoms with Gasteiger partial charge < -0.3 is 10.2 Å². The molecule has 0 fully saturated rings. The van der Waals surface area contributed by atoms with E-state index in [1.54, 1.807) is 13.0 Å². The molecule has 0 heterocycles. The van der Waals surface area contributed by atoms with Gasteiger partial charge in [0.05, 0.1) is 12.7 Å². The number of benzene rings is 1. The maximum absolute atomic E-state index is 11.4. The molecule has 1 rings (SSSR count). The number of aliphatic hydroxyl groups excluding tert-OH is 2. The van der Waals surface area contributed by atoms with E-state index in [0.29, 0.717) is 0 Å². The summed E-state index contributed by atoms with van der Waals surface area (Å²) in [4.78, 5) is 11.4. The lowest BCUT2D eigenvalue weighted by Gasteiger charge is -2.24. The van der Waals surface area contributed by atoms with Crippen LogP contribution in [0.4, 0.5) is 0 Å². The Balaban J connectivity index is 3.01. The fraction of sp³-hybridized carbons (Fsp3) is 0.471. The summed E-state index contributed by atoms with van der Waals surface area (Å²) in [6, 6.07) is 5.97. The Hall–Kier alpha value is -1.45. The molecule has 110 valence electrons. The first kappa shape index (κ1) is 16.6. The molecular weight excluding hydrogens is 252 g/mol. The highest BCUT2D eigenvalue weighted by molar-refractivity contribution is 5.78.